The Morgan fingerprint density at radius 2 is 2.00 bits per heavy atom. The summed E-state index contributed by atoms with van der Waals surface area (Å²) in [6.45, 7) is 1.87. The van der Waals surface area contributed by atoms with Crippen LogP contribution in [0.15, 0.2) is 24.5 Å². The number of ether oxygens (including phenoxy) is 1. The topological polar surface area (TPSA) is 47.0 Å². The number of aromatic nitrogens is 2. The van der Waals surface area contributed by atoms with E-state index in [1.165, 1.54) is 6.33 Å². The van der Waals surface area contributed by atoms with Crippen LogP contribution < -0.4 is 10.1 Å². The molecular weight excluding hydrogens is 273 g/mol. The van der Waals surface area contributed by atoms with Gasteiger partial charge in [-0.1, -0.05) is 23.2 Å². The van der Waals surface area contributed by atoms with E-state index in [4.69, 9.17) is 27.9 Å². The maximum Gasteiger partial charge on any atom is 0.227 e. The van der Waals surface area contributed by atoms with Gasteiger partial charge in [-0.25, -0.2) is 9.97 Å². The summed E-state index contributed by atoms with van der Waals surface area (Å²) in [4.78, 5) is 8.16. The largest absolute Gasteiger partial charge is 0.437 e. The highest BCUT2D eigenvalue weighted by atomic mass is 35.5. The van der Waals surface area contributed by atoms with E-state index in [-0.39, 0.29) is 0 Å². The molecule has 0 aliphatic heterocycles. The van der Waals surface area contributed by atoms with E-state index in [0.717, 1.165) is 5.56 Å². The summed E-state index contributed by atoms with van der Waals surface area (Å²) in [5.41, 5.74) is 0.811. The van der Waals surface area contributed by atoms with E-state index in [1.807, 2.05) is 6.92 Å². The van der Waals surface area contributed by atoms with Crippen molar-refractivity contribution in [3.05, 3.63) is 40.1 Å². The van der Waals surface area contributed by atoms with Crippen LogP contribution in [0.4, 0.5) is 5.82 Å². The minimum Gasteiger partial charge on any atom is -0.437 e. The molecule has 0 aliphatic carbocycles. The summed E-state index contributed by atoms with van der Waals surface area (Å²) in [7, 11) is 1.79. The third kappa shape index (κ3) is 2.66. The molecule has 0 radical (unpaired) electrons. The fourth-order valence-corrected chi connectivity index (χ4v) is 1.90. The first-order chi connectivity index (χ1) is 8.61. The predicted molar refractivity (Wildman–Crippen MR) is 72.9 cm³/mol. The van der Waals surface area contributed by atoms with Gasteiger partial charge in [0.2, 0.25) is 5.88 Å². The van der Waals surface area contributed by atoms with E-state index in [1.54, 1.807) is 25.2 Å². The molecule has 0 saturated carbocycles. The Bertz CT molecular complexity index is 575. The van der Waals surface area contributed by atoms with Crippen molar-refractivity contribution < 1.29 is 4.74 Å². The molecular formula is C12H11Cl2N3O. The highest BCUT2D eigenvalue weighted by Crippen LogP contribution is 2.32. The van der Waals surface area contributed by atoms with Gasteiger partial charge in [0, 0.05) is 12.1 Å². The molecule has 0 fully saturated rings. The number of nitrogens with one attached hydrogen (secondary N) is 1. The van der Waals surface area contributed by atoms with Crippen molar-refractivity contribution in [2.24, 2.45) is 0 Å². The van der Waals surface area contributed by atoms with Crippen molar-refractivity contribution in [1.29, 1.82) is 0 Å². The zero-order valence-electron chi connectivity index (χ0n) is 9.87. The number of anilines is 1. The molecule has 0 aliphatic rings. The second kappa shape index (κ2) is 5.42. The number of hydrogen-bond donors (Lipinski definition) is 1. The molecule has 4 nitrogen and oxygen atoms in total. The molecule has 6 heteroatoms. The Morgan fingerprint density at radius 3 is 2.67 bits per heavy atom. The quantitative estimate of drug-likeness (QED) is 0.927. The average Bonchev–Trinajstić information content (AvgIpc) is 2.35. The third-order valence-electron chi connectivity index (χ3n) is 2.38. The molecule has 0 bridgehead atoms. The zero-order valence-corrected chi connectivity index (χ0v) is 11.4. The van der Waals surface area contributed by atoms with Gasteiger partial charge in [0.15, 0.2) is 0 Å². The van der Waals surface area contributed by atoms with Crippen LogP contribution in [0.2, 0.25) is 10.0 Å². The lowest BCUT2D eigenvalue weighted by Gasteiger charge is -2.11. The molecule has 1 aromatic carbocycles. The smallest absolute Gasteiger partial charge is 0.227 e. The molecule has 0 spiro atoms. The first-order valence-corrected chi connectivity index (χ1v) is 5.99. The van der Waals surface area contributed by atoms with Gasteiger partial charge < -0.3 is 10.1 Å². The Morgan fingerprint density at radius 1 is 1.22 bits per heavy atom. The summed E-state index contributed by atoms with van der Waals surface area (Å²) >= 11 is 11.9. The lowest BCUT2D eigenvalue weighted by Crippen LogP contribution is -2.00. The lowest BCUT2D eigenvalue weighted by atomic mass is 10.3. The van der Waals surface area contributed by atoms with Gasteiger partial charge in [0.05, 0.1) is 10.6 Å². The van der Waals surface area contributed by atoms with Crippen molar-refractivity contribution >= 4 is 29.0 Å². The summed E-state index contributed by atoms with van der Waals surface area (Å²) < 4.78 is 5.66. The molecule has 0 saturated heterocycles. The van der Waals surface area contributed by atoms with Crippen molar-refractivity contribution in [3.63, 3.8) is 0 Å². The van der Waals surface area contributed by atoms with Crippen molar-refractivity contribution in [3.8, 4) is 11.6 Å². The average molecular weight is 284 g/mol. The number of halogens is 2. The number of rotatable bonds is 3. The van der Waals surface area contributed by atoms with Gasteiger partial charge in [-0.3, -0.25) is 0 Å². The maximum atomic E-state index is 6.04. The highest BCUT2D eigenvalue weighted by Gasteiger charge is 2.10. The molecule has 1 heterocycles. The Balaban J connectivity index is 2.34. The summed E-state index contributed by atoms with van der Waals surface area (Å²) in [5, 5.41) is 3.95. The second-order valence-electron chi connectivity index (χ2n) is 3.58. The van der Waals surface area contributed by atoms with Crippen molar-refractivity contribution in [2.45, 2.75) is 6.92 Å². The zero-order chi connectivity index (χ0) is 13.1. The van der Waals surface area contributed by atoms with Crippen LogP contribution in [0.25, 0.3) is 0 Å². The summed E-state index contributed by atoms with van der Waals surface area (Å²) in [5.74, 6) is 1.67. The minimum atomic E-state index is 0.437. The first-order valence-electron chi connectivity index (χ1n) is 5.24. The molecule has 1 N–H and O–H groups in total. The molecule has 0 amide bonds. The SMILES string of the molecule is CNc1ncnc(Oc2ccc(Cl)cc2Cl)c1C. The van der Waals surface area contributed by atoms with Crippen LogP contribution in [0.1, 0.15) is 5.56 Å². The number of nitrogens with zero attached hydrogens (tertiary/aromatic N) is 2. The molecule has 18 heavy (non-hydrogen) atoms. The summed E-state index contributed by atoms with van der Waals surface area (Å²) in [6.07, 6.45) is 1.43. The van der Waals surface area contributed by atoms with Crippen LogP contribution >= 0.6 is 23.2 Å². The van der Waals surface area contributed by atoms with Gasteiger partial charge in [-0.2, -0.15) is 0 Å². The third-order valence-corrected chi connectivity index (χ3v) is 2.91. The van der Waals surface area contributed by atoms with Crippen molar-refractivity contribution in [2.75, 3.05) is 12.4 Å². The van der Waals surface area contributed by atoms with E-state index >= 15 is 0 Å². The van der Waals surface area contributed by atoms with Crippen LogP contribution in [0.3, 0.4) is 0 Å². The van der Waals surface area contributed by atoms with E-state index in [2.05, 4.69) is 15.3 Å². The molecule has 0 unspecified atom stereocenters. The van der Waals surface area contributed by atoms with Gasteiger partial charge in [0.1, 0.15) is 17.9 Å². The molecule has 2 rings (SSSR count). The number of hydrogen-bond acceptors (Lipinski definition) is 4. The maximum absolute atomic E-state index is 6.04. The minimum absolute atomic E-state index is 0.437. The summed E-state index contributed by atoms with van der Waals surface area (Å²) in [6, 6.07) is 5.03. The Labute approximate surface area is 115 Å². The fourth-order valence-electron chi connectivity index (χ4n) is 1.45. The normalized spacial score (nSPS) is 10.2. The van der Waals surface area contributed by atoms with Crippen molar-refractivity contribution in [1.82, 2.24) is 9.97 Å². The highest BCUT2D eigenvalue weighted by molar-refractivity contribution is 6.35. The Kier molecular flexibility index (Phi) is 3.89. The Hall–Kier alpha value is -1.52. The van der Waals surface area contributed by atoms with E-state index in [9.17, 15) is 0 Å². The molecule has 1 aromatic heterocycles. The first kappa shape index (κ1) is 12.9. The van der Waals surface area contributed by atoms with Crippen LogP contribution in [-0.4, -0.2) is 17.0 Å². The van der Waals surface area contributed by atoms with Gasteiger partial charge >= 0.3 is 0 Å². The van der Waals surface area contributed by atoms with Gasteiger partial charge in [0.25, 0.3) is 0 Å². The number of benzene rings is 1. The molecule has 2 aromatic rings. The van der Waals surface area contributed by atoms with Crippen LogP contribution in [0.5, 0.6) is 11.6 Å². The van der Waals surface area contributed by atoms with Gasteiger partial charge in [-0.05, 0) is 25.1 Å². The van der Waals surface area contributed by atoms with Crippen LogP contribution in [0, 0.1) is 6.92 Å². The lowest BCUT2D eigenvalue weighted by molar-refractivity contribution is 0.458. The standard InChI is InChI=1S/C12H11Cl2N3O/c1-7-11(15-2)16-6-17-12(7)18-10-4-3-8(13)5-9(10)14/h3-6H,1-2H3,(H,15,16,17). The second-order valence-corrected chi connectivity index (χ2v) is 4.42. The fraction of sp³-hybridized carbons (Fsp3) is 0.167. The van der Waals surface area contributed by atoms with E-state index in [0.29, 0.717) is 27.5 Å². The van der Waals surface area contributed by atoms with E-state index < -0.39 is 0 Å². The molecule has 94 valence electrons. The van der Waals surface area contributed by atoms with Crippen LogP contribution in [-0.2, 0) is 0 Å². The predicted octanol–water partition coefficient (Wildman–Crippen LogP) is 3.93. The van der Waals surface area contributed by atoms with Gasteiger partial charge in [-0.15, -0.1) is 0 Å². The monoisotopic (exact) mass is 283 g/mol. The molecule has 0 atom stereocenters.